The highest BCUT2D eigenvalue weighted by molar-refractivity contribution is 5.68. The summed E-state index contributed by atoms with van der Waals surface area (Å²) in [4.78, 5) is 21.7. The molecule has 21 heavy (non-hydrogen) atoms. The van der Waals surface area contributed by atoms with Crippen molar-refractivity contribution in [2.24, 2.45) is 0 Å². The molecule has 0 radical (unpaired) electrons. The third-order valence-electron chi connectivity index (χ3n) is 4.25. The molecule has 2 aliphatic rings. The summed E-state index contributed by atoms with van der Waals surface area (Å²) < 4.78 is 5.46. The number of anilines is 1. The summed E-state index contributed by atoms with van der Waals surface area (Å²) in [5, 5.41) is 8.71. The van der Waals surface area contributed by atoms with Gasteiger partial charge in [0.05, 0.1) is 13.1 Å². The van der Waals surface area contributed by atoms with E-state index < -0.39 is 5.97 Å². The first-order valence-corrected chi connectivity index (χ1v) is 7.51. The number of aromatic nitrogens is 2. The Morgan fingerprint density at radius 3 is 2.86 bits per heavy atom. The molecule has 1 N–H and O–H groups in total. The summed E-state index contributed by atoms with van der Waals surface area (Å²) in [5.41, 5.74) is 2.06. The number of hydrogen-bond donors (Lipinski definition) is 1. The Morgan fingerprint density at radius 1 is 1.33 bits per heavy atom. The summed E-state index contributed by atoms with van der Waals surface area (Å²) in [5.74, 6) is 0.0869. The minimum absolute atomic E-state index is 0.244. The van der Waals surface area contributed by atoms with Crippen LogP contribution in [0.4, 0.5) is 5.82 Å². The molecule has 1 aliphatic carbocycles. The van der Waals surface area contributed by atoms with Crippen LogP contribution in [0.25, 0.3) is 0 Å². The number of fused-ring (bicyclic) bond motifs is 1. The van der Waals surface area contributed by atoms with E-state index in [1.165, 1.54) is 30.5 Å². The molecule has 2 heterocycles. The zero-order valence-electron chi connectivity index (χ0n) is 12.3. The van der Waals surface area contributed by atoms with E-state index in [2.05, 4.69) is 14.9 Å². The molecule has 0 saturated carbocycles. The highest BCUT2D eigenvalue weighted by Crippen LogP contribution is 2.33. The van der Waals surface area contributed by atoms with E-state index in [1.807, 2.05) is 6.92 Å². The smallest absolute Gasteiger partial charge is 0.329 e. The Labute approximate surface area is 124 Å². The molecular formula is C15H21N3O3. The number of hydrogen-bond acceptors (Lipinski definition) is 5. The van der Waals surface area contributed by atoms with Crippen LogP contribution in [0.2, 0.25) is 0 Å². The minimum atomic E-state index is -0.925. The maximum Gasteiger partial charge on any atom is 0.329 e. The van der Waals surface area contributed by atoms with Crippen molar-refractivity contribution in [1.29, 1.82) is 0 Å². The van der Waals surface area contributed by atoms with Crippen molar-refractivity contribution in [1.82, 2.24) is 9.97 Å². The summed E-state index contributed by atoms with van der Waals surface area (Å²) in [6.07, 6.45) is 7.35. The lowest BCUT2D eigenvalue weighted by atomic mass is 9.95. The third-order valence-corrected chi connectivity index (χ3v) is 4.25. The molecule has 1 aromatic heterocycles. The van der Waals surface area contributed by atoms with Gasteiger partial charge >= 0.3 is 5.97 Å². The second-order valence-corrected chi connectivity index (χ2v) is 6.17. The van der Waals surface area contributed by atoms with Crippen LogP contribution in [0, 0.1) is 0 Å². The first-order valence-electron chi connectivity index (χ1n) is 7.51. The fraction of sp³-hybridized carbons (Fsp3) is 0.667. The van der Waals surface area contributed by atoms with Gasteiger partial charge < -0.3 is 14.7 Å². The number of carboxylic acid groups (broad SMARTS) is 1. The molecule has 0 bridgehead atoms. The fourth-order valence-corrected chi connectivity index (χ4v) is 3.19. The number of aryl methyl sites for hydroxylation is 1. The van der Waals surface area contributed by atoms with E-state index in [-0.39, 0.29) is 12.2 Å². The number of rotatable bonds is 4. The van der Waals surface area contributed by atoms with Crippen LogP contribution in [0.15, 0.2) is 6.33 Å². The Bertz CT molecular complexity index is 541. The van der Waals surface area contributed by atoms with Crippen LogP contribution in [0.1, 0.15) is 37.4 Å². The van der Waals surface area contributed by atoms with Crippen molar-refractivity contribution in [2.75, 3.05) is 24.6 Å². The highest BCUT2D eigenvalue weighted by Gasteiger charge is 2.42. The monoisotopic (exact) mass is 291 g/mol. The van der Waals surface area contributed by atoms with E-state index in [4.69, 9.17) is 9.84 Å². The second kappa shape index (κ2) is 5.60. The lowest BCUT2D eigenvalue weighted by molar-refractivity contribution is -0.150. The van der Waals surface area contributed by atoms with Crippen LogP contribution in [0.5, 0.6) is 0 Å². The van der Waals surface area contributed by atoms with Crippen LogP contribution in [0.3, 0.4) is 0 Å². The molecule has 3 rings (SSSR count). The first-order chi connectivity index (χ1) is 10.1. The van der Waals surface area contributed by atoms with Gasteiger partial charge in [-0.15, -0.1) is 0 Å². The molecule has 1 saturated heterocycles. The van der Waals surface area contributed by atoms with Gasteiger partial charge in [0.1, 0.15) is 24.4 Å². The number of aliphatic carboxylic acids is 1. The van der Waals surface area contributed by atoms with E-state index in [0.29, 0.717) is 13.1 Å². The molecule has 1 aromatic rings. The molecule has 0 amide bonds. The molecule has 0 aromatic carbocycles. The van der Waals surface area contributed by atoms with Crippen molar-refractivity contribution in [2.45, 2.75) is 44.6 Å². The normalized spacial score (nSPS) is 20.3. The van der Waals surface area contributed by atoms with Gasteiger partial charge in [-0.2, -0.15) is 0 Å². The average Bonchev–Trinajstić information content (AvgIpc) is 2.67. The molecule has 114 valence electrons. The van der Waals surface area contributed by atoms with Gasteiger partial charge in [0, 0.05) is 11.3 Å². The predicted molar refractivity (Wildman–Crippen MR) is 77.5 cm³/mol. The van der Waals surface area contributed by atoms with Gasteiger partial charge in [0.15, 0.2) is 0 Å². The summed E-state index contributed by atoms with van der Waals surface area (Å²) in [6.45, 7) is 3.08. The topological polar surface area (TPSA) is 75.6 Å². The fourth-order valence-electron chi connectivity index (χ4n) is 3.19. The number of nitrogens with zero attached hydrogens (tertiary/aromatic N) is 3. The van der Waals surface area contributed by atoms with E-state index >= 15 is 0 Å². The van der Waals surface area contributed by atoms with Crippen LogP contribution in [-0.4, -0.2) is 46.3 Å². The van der Waals surface area contributed by atoms with E-state index in [1.54, 1.807) is 6.33 Å². The van der Waals surface area contributed by atoms with Gasteiger partial charge in [0.25, 0.3) is 0 Å². The molecule has 1 aliphatic heterocycles. The zero-order chi connectivity index (χ0) is 14.9. The van der Waals surface area contributed by atoms with E-state index in [0.717, 1.165) is 18.7 Å². The second-order valence-electron chi connectivity index (χ2n) is 6.17. The first kappa shape index (κ1) is 14.3. The highest BCUT2D eigenvalue weighted by atomic mass is 16.5. The van der Waals surface area contributed by atoms with Gasteiger partial charge in [-0.25, -0.2) is 14.8 Å². The SMILES string of the molecule is CC1(OCC(=O)O)CN(c2ncnc3c2CCCCC3)C1. The standard InChI is InChI=1S/C15H21N3O3/c1-15(21-7-13(19)20)8-18(9-15)14-11-5-3-2-4-6-12(11)16-10-17-14/h10H,2-9H2,1H3,(H,19,20). The van der Waals surface area contributed by atoms with Gasteiger partial charge in [0.2, 0.25) is 0 Å². The van der Waals surface area contributed by atoms with Gasteiger partial charge in [-0.3, -0.25) is 0 Å². The molecular weight excluding hydrogens is 270 g/mol. The summed E-state index contributed by atoms with van der Waals surface area (Å²) in [6, 6.07) is 0. The van der Waals surface area contributed by atoms with Crippen LogP contribution in [-0.2, 0) is 22.4 Å². The third kappa shape index (κ3) is 3.00. The molecule has 0 atom stereocenters. The predicted octanol–water partition coefficient (Wildman–Crippen LogP) is 1.43. The Hall–Kier alpha value is -1.69. The van der Waals surface area contributed by atoms with Crippen LogP contribution >= 0.6 is 0 Å². The lowest BCUT2D eigenvalue weighted by Crippen LogP contribution is -2.62. The largest absolute Gasteiger partial charge is 0.480 e. The van der Waals surface area contributed by atoms with E-state index in [9.17, 15) is 4.79 Å². The van der Waals surface area contributed by atoms with Crippen molar-refractivity contribution in [3.63, 3.8) is 0 Å². The summed E-state index contributed by atoms with van der Waals surface area (Å²) >= 11 is 0. The number of carboxylic acids is 1. The van der Waals surface area contributed by atoms with Crippen LogP contribution < -0.4 is 4.90 Å². The van der Waals surface area contributed by atoms with Gasteiger partial charge in [-0.05, 0) is 32.6 Å². The van der Waals surface area contributed by atoms with Crippen molar-refractivity contribution in [3.05, 3.63) is 17.6 Å². The quantitative estimate of drug-likeness (QED) is 0.846. The van der Waals surface area contributed by atoms with Crippen molar-refractivity contribution in [3.8, 4) is 0 Å². The van der Waals surface area contributed by atoms with Crippen molar-refractivity contribution >= 4 is 11.8 Å². The van der Waals surface area contributed by atoms with Gasteiger partial charge in [-0.1, -0.05) is 6.42 Å². The maximum absolute atomic E-state index is 10.6. The molecule has 0 spiro atoms. The average molecular weight is 291 g/mol. The molecule has 6 heteroatoms. The number of ether oxygens (including phenoxy) is 1. The maximum atomic E-state index is 10.6. The molecule has 6 nitrogen and oxygen atoms in total. The minimum Gasteiger partial charge on any atom is -0.480 e. The zero-order valence-corrected chi connectivity index (χ0v) is 12.3. The Balaban J connectivity index is 1.71. The number of carbonyl (C=O) groups is 1. The molecule has 1 fully saturated rings. The summed E-state index contributed by atoms with van der Waals surface area (Å²) in [7, 11) is 0. The molecule has 0 unspecified atom stereocenters. The Morgan fingerprint density at radius 2 is 2.10 bits per heavy atom. The van der Waals surface area contributed by atoms with Crippen molar-refractivity contribution < 1.29 is 14.6 Å². The Kier molecular flexibility index (Phi) is 3.80. The lowest BCUT2D eigenvalue weighted by Gasteiger charge is -2.48.